The summed E-state index contributed by atoms with van der Waals surface area (Å²) in [6, 6.07) is 15.9. The number of aromatic carboxylic acids is 1. The van der Waals surface area contributed by atoms with Crippen molar-refractivity contribution in [1.82, 2.24) is 4.98 Å². The normalized spacial score (nSPS) is 10.4. The Bertz CT molecular complexity index is 899. The molecule has 2 aromatic carbocycles. The van der Waals surface area contributed by atoms with E-state index < -0.39 is 5.97 Å². The van der Waals surface area contributed by atoms with Gasteiger partial charge in [0, 0.05) is 23.2 Å². The van der Waals surface area contributed by atoms with Crippen LogP contribution in [0.4, 0.5) is 5.69 Å². The summed E-state index contributed by atoms with van der Waals surface area (Å²) in [5.74, 6) is -0.828. The molecule has 0 bridgehead atoms. The van der Waals surface area contributed by atoms with Gasteiger partial charge in [-0.3, -0.25) is 4.79 Å². The van der Waals surface area contributed by atoms with Crippen LogP contribution in [0.15, 0.2) is 59.0 Å². The molecule has 1 amide bonds. The molecule has 0 aliphatic rings. The number of oxazole rings is 1. The number of carbonyl (C=O) groups is 2. The maximum atomic E-state index is 11.5. The fourth-order valence-electron chi connectivity index (χ4n) is 2.32. The van der Waals surface area contributed by atoms with Crippen LogP contribution >= 0.6 is 0 Å². The average molecular weight is 336 g/mol. The monoisotopic (exact) mass is 336 g/mol. The maximum absolute atomic E-state index is 11.5. The van der Waals surface area contributed by atoms with E-state index in [1.807, 2.05) is 18.2 Å². The Labute approximate surface area is 144 Å². The first-order valence-corrected chi connectivity index (χ1v) is 7.78. The van der Waals surface area contributed by atoms with Crippen LogP contribution in [-0.2, 0) is 4.79 Å². The third-order valence-electron chi connectivity index (χ3n) is 3.60. The van der Waals surface area contributed by atoms with E-state index in [4.69, 9.17) is 4.42 Å². The zero-order valence-corrected chi connectivity index (χ0v) is 13.5. The van der Waals surface area contributed by atoms with E-state index >= 15 is 0 Å². The molecule has 25 heavy (non-hydrogen) atoms. The zero-order valence-electron chi connectivity index (χ0n) is 13.5. The van der Waals surface area contributed by atoms with Crippen LogP contribution in [0.2, 0.25) is 0 Å². The minimum absolute atomic E-state index is 0.0926. The molecule has 0 saturated heterocycles. The van der Waals surface area contributed by atoms with Crippen molar-refractivity contribution in [1.29, 1.82) is 0 Å². The Hall–Kier alpha value is -3.41. The number of carbonyl (C=O) groups excluding carboxylic acids is 1. The van der Waals surface area contributed by atoms with Crippen LogP contribution in [0.3, 0.4) is 0 Å². The van der Waals surface area contributed by atoms with Crippen molar-refractivity contribution in [2.75, 3.05) is 5.32 Å². The van der Waals surface area contributed by atoms with Crippen molar-refractivity contribution in [3.8, 4) is 22.8 Å². The number of carboxylic acids is 1. The number of carboxylic acid groups (broad SMARTS) is 1. The van der Waals surface area contributed by atoms with E-state index in [1.54, 1.807) is 43.3 Å². The first kappa shape index (κ1) is 16.4. The van der Waals surface area contributed by atoms with Crippen molar-refractivity contribution in [3.63, 3.8) is 0 Å². The highest BCUT2D eigenvalue weighted by Gasteiger charge is 2.21. The van der Waals surface area contributed by atoms with Crippen LogP contribution < -0.4 is 5.32 Å². The molecule has 0 fully saturated rings. The standard InChI is InChI=1S/C19H16N2O4/c1-2-15(22)20-14-10-8-12(9-11-14)17-16(19(23)24)21-18(25-17)13-6-4-3-5-7-13/h3-11H,2H2,1H3,(H,20,22)(H,23,24). The van der Waals surface area contributed by atoms with E-state index in [1.165, 1.54) is 0 Å². The average Bonchev–Trinajstić information content (AvgIpc) is 3.09. The second-order valence-corrected chi connectivity index (χ2v) is 5.35. The summed E-state index contributed by atoms with van der Waals surface area (Å²) in [4.78, 5) is 27.0. The first-order chi connectivity index (χ1) is 12.1. The minimum Gasteiger partial charge on any atom is -0.476 e. The summed E-state index contributed by atoms with van der Waals surface area (Å²) in [6.45, 7) is 1.77. The van der Waals surface area contributed by atoms with Gasteiger partial charge in [0.15, 0.2) is 11.5 Å². The van der Waals surface area contributed by atoms with Gasteiger partial charge < -0.3 is 14.8 Å². The number of rotatable bonds is 5. The molecule has 0 unspecified atom stereocenters. The zero-order chi connectivity index (χ0) is 17.8. The molecule has 0 spiro atoms. The van der Waals surface area contributed by atoms with Gasteiger partial charge in [-0.05, 0) is 36.4 Å². The molecule has 0 aliphatic carbocycles. The summed E-state index contributed by atoms with van der Waals surface area (Å²) in [7, 11) is 0. The van der Waals surface area contributed by atoms with E-state index in [2.05, 4.69) is 10.3 Å². The smallest absolute Gasteiger partial charge is 0.358 e. The summed E-state index contributed by atoms with van der Waals surface area (Å²) in [5.41, 5.74) is 1.75. The Morgan fingerprint density at radius 1 is 1.04 bits per heavy atom. The molecule has 3 rings (SSSR count). The predicted octanol–water partition coefficient (Wildman–Crippen LogP) is 4.06. The molecule has 0 aliphatic heterocycles. The van der Waals surface area contributed by atoms with Crippen molar-refractivity contribution in [3.05, 3.63) is 60.3 Å². The SMILES string of the molecule is CCC(=O)Nc1ccc(-c2oc(-c3ccccc3)nc2C(=O)O)cc1. The summed E-state index contributed by atoms with van der Waals surface area (Å²) >= 11 is 0. The molecule has 0 radical (unpaired) electrons. The van der Waals surface area contributed by atoms with Gasteiger partial charge in [0.2, 0.25) is 11.8 Å². The number of hydrogen-bond acceptors (Lipinski definition) is 4. The maximum Gasteiger partial charge on any atom is 0.358 e. The van der Waals surface area contributed by atoms with E-state index in [0.717, 1.165) is 0 Å². The topological polar surface area (TPSA) is 92.4 Å². The quantitative estimate of drug-likeness (QED) is 0.733. The molecule has 3 aromatic rings. The molecule has 1 heterocycles. The van der Waals surface area contributed by atoms with Crippen LogP contribution in [-0.4, -0.2) is 22.0 Å². The van der Waals surface area contributed by atoms with Crippen molar-refractivity contribution >= 4 is 17.6 Å². The molecule has 2 N–H and O–H groups in total. The summed E-state index contributed by atoms with van der Waals surface area (Å²) < 4.78 is 5.71. The summed E-state index contributed by atoms with van der Waals surface area (Å²) in [6.07, 6.45) is 0.382. The lowest BCUT2D eigenvalue weighted by Gasteiger charge is -2.04. The van der Waals surface area contributed by atoms with Gasteiger partial charge in [-0.15, -0.1) is 0 Å². The summed E-state index contributed by atoms with van der Waals surface area (Å²) in [5, 5.41) is 12.2. The lowest BCUT2D eigenvalue weighted by molar-refractivity contribution is -0.115. The number of hydrogen-bond donors (Lipinski definition) is 2. The van der Waals surface area contributed by atoms with Crippen molar-refractivity contribution < 1.29 is 19.1 Å². The number of amides is 1. The van der Waals surface area contributed by atoms with Gasteiger partial charge >= 0.3 is 5.97 Å². The van der Waals surface area contributed by atoms with E-state index in [-0.39, 0.29) is 23.3 Å². The van der Waals surface area contributed by atoms with Crippen LogP contribution in [0.25, 0.3) is 22.8 Å². The van der Waals surface area contributed by atoms with Gasteiger partial charge in [0.1, 0.15) is 0 Å². The molecule has 6 nitrogen and oxygen atoms in total. The third kappa shape index (κ3) is 3.58. The molecule has 6 heteroatoms. The van der Waals surface area contributed by atoms with Gasteiger partial charge in [0.25, 0.3) is 0 Å². The second-order valence-electron chi connectivity index (χ2n) is 5.35. The van der Waals surface area contributed by atoms with Gasteiger partial charge in [0.05, 0.1) is 0 Å². The number of anilines is 1. The highest BCUT2D eigenvalue weighted by molar-refractivity contribution is 5.94. The number of aromatic nitrogens is 1. The van der Waals surface area contributed by atoms with Crippen LogP contribution in [0.1, 0.15) is 23.8 Å². The highest BCUT2D eigenvalue weighted by atomic mass is 16.4. The van der Waals surface area contributed by atoms with Gasteiger partial charge in [-0.1, -0.05) is 25.1 Å². The highest BCUT2D eigenvalue weighted by Crippen LogP contribution is 2.30. The van der Waals surface area contributed by atoms with Crippen molar-refractivity contribution in [2.24, 2.45) is 0 Å². The number of benzene rings is 2. The lowest BCUT2D eigenvalue weighted by atomic mass is 10.1. The van der Waals surface area contributed by atoms with Crippen LogP contribution in [0.5, 0.6) is 0 Å². The Morgan fingerprint density at radius 2 is 1.72 bits per heavy atom. The van der Waals surface area contributed by atoms with Gasteiger partial charge in [-0.2, -0.15) is 0 Å². The fourth-order valence-corrected chi connectivity index (χ4v) is 2.32. The lowest BCUT2D eigenvalue weighted by Crippen LogP contribution is -2.09. The second kappa shape index (κ2) is 7.00. The third-order valence-corrected chi connectivity index (χ3v) is 3.60. The Balaban J connectivity index is 1.97. The molecular formula is C19H16N2O4. The predicted molar refractivity (Wildman–Crippen MR) is 93.3 cm³/mol. The van der Waals surface area contributed by atoms with E-state index in [0.29, 0.717) is 23.2 Å². The van der Waals surface area contributed by atoms with Gasteiger partial charge in [-0.25, -0.2) is 9.78 Å². The molecular weight excluding hydrogens is 320 g/mol. The molecule has 0 saturated carbocycles. The van der Waals surface area contributed by atoms with E-state index in [9.17, 15) is 14.7 Å². The molecule has 126 valence electrons. The Kier molecular flexibility index (Phi) is 4.61. The first-order valence-electron chi connectivity index (χ1n) is 7.78. The Morgan fingerprint density at radius 3 is 2.32 bits per heavy atom. The minimum atomic E-state index is -1.16. The largest absolute Gasteiger partial charge is 0.476 e. The number of nitrogens with zero attached hydrogens (tertiary/aromatic N) is 1. The molecule has 0 atom stereocenters. The molecule has 1 aromatic heterocycles. The van der Waals surface area contributed by atoms with Crippen molar-refractivity contribution in [2.45, 2.75) is 13.3 Å². The fraction of sp³-hybridized carbons (Fsp3) is 0.105. The van der Waals surface area contributed by atoms with Crippen LogP contribution in [0, 0.1) is 0 Å². The number of nitrogens with one attached hydrogen (secondary N) is 1.